The van der Waals surface area contributed by atoms with Crippen molar-refractivity contribution in [2.24, 2.45) is 4.99 Å². The summed E-state index contributed by atoms with van der Waals surface area (Å²) in [6, 6.07) is 16.9. The lowest BCUT2D eigenvalue weighted by molar-refractivity contribution is 0.306. The summed E-state index contributed by atoms with van der Waals surface area (Å²) in [7, 11) is 0. The van der Waals surface area contributed by atoms with E-state index >= 15 is 0 Å². The third-order valence-electron chi connectivity index (χ3n) is 4.28. The van der Waals surface area contributed by atoms with E-state index in [1.165, 1.54) is 11.1 Å². The molecule has 0 heterocycles. The van der Waals surface area contributed by atoms with Crippen molar-refractivity contribution < 1.29 is 4.74 Å². The van der Waals surface area contributed by atoms with Crippen LogP contribution in [0.5, 0.6) is 5.75 Å². The molecule has 0 bridgehead atoms. The van der Waals surface area contributed by atoms with Crippen LogP contribution in [0, 0.1) is 13.8 Å². The van der Waals surface area contributed by atoms with Gasteiger partial charge in [0.15, 0.2) is 0 Å². The van der Waals surface area contributed by atoms with Gasteiger partial charge in [-0.3, -0.25) is 4.99 Å². The Kier molecular flexibility index (Phi) is 6.43. The summed E-state index contributed by atoms with van der Waals surface area (Å²) < 4.78 is 5.79. The number of hydrogen-bond acceptors (Lipinski definition) is 2. The van der Waals surface area contributed by atoms with Crippen LogP contribution in [0.15, 0.2) is 59.6 Å². The number of ether oxygens (including phenoxy) is 1. The van der Waals surface area contributed by atoms with Gasteiger partial charge in [-0.2, -0.15) is 0 Å². The molecule has 0 amide bonds. The molecule has 5 heteroatoms. The molecule has 0 saturated heterocycles. The first-order valence-corrected chi connectivity index (χ1v) is 9.54. The Labute approximate surface area is 174 Å². The number of aryl methyl sites for hydroxylation is 1. The van der Waals surface area contributed by atoms with Crippen molar-refractivity contribution in [1.82, 2.24) is 0 Å². The molecule has 0 aliphatic heterocycles. The van der Waals surface area contributed by atoms with E-state index in [0.717, 1.165) is 16.8 Å². The molecule has 3 rings (SSSR count). The Hall–Kier alpha value is -2.00. The molecule has 0 unspecified atom stereocenters. The standard InChI is InChI=1S/C22H18Cl3NO/c1-14-4-3-5-21(15(14)2)26-12-16-6-9-22(20(25)10-16)27-13-17-7-8-18(23)11-19(17)24/h3-12H,13H2,1-2H3. The van der Waals surface area contributed by atoms with Gasteiger partial charge >= 0.3 is 0 Å². The van der Waals surface area contributed by atoms with Crippen molar-refractivity contribution in [1.29, 1.82) is 0 Å². The van der Waals surface area contributed by atoms with Gasteiger partial charge in [-0.1, -0.05) is 53.0 Å². The molecule has 3 aromatic rings. The maximum absolute atomic E-state index is 6.36. The molecule has 3 aromatic carbocycles. The predicted octanol–water partition coefficient (Wildman–Crippen LogP) is 7.59. The van der Waals surface area contributed by atoms with E-state index in [1.54, 1.807) is 18.3 Å². The lowest BCUT2D eigenvalue weighted by Gasteiger charge is -2.10. The van der Waals surface area contributed by atoms with E-state index in [2.05, 4.69) is 24.9 Å². The van der Waals surface area contributed by atoms with Gasteiger partial charge < -0.3 is 4.74 Å². The summed E-state index contributed by atoms with van der Waals surface area (Å²) in [6.45, 7) is 4.45. The molecule has 0 aliphatic carbocycles. The third kappa shape index (κ3) is 5.04. The molecule has 2 nitrogen and oxygen atoms in total. The zero-order chi connectivity index (χ0) is 19.4. The van der Waals surface area contributed by atoms with E-state index in [1.807, 2.05) is 36.4 Å². The lowest BCUT2D eigenvalue weighted by Crippen LogP contribution is -1.97. The number of benzene rings is 3. The first-order valence-electron chi connectivity index (χ1n) is 8.40. The first-order chi connectivity index (χ1) is 12.9. The van der Waals surface area contributed by atoms with Gasteiger partial charge in [0.1, 0.15) is 12.4 Å². The van der Waals surface area contributed by atoms with Gasteiger partial charge in [0.2, 0.25) is 0 Å². The quantitative estimate of drug-likeness (QED) is 0.391. The lowest BCUT2D eigenvalue weighted by atomic mass is 10.1. The number of aliphatic imine (C=N–C) groups is 1. The Morgan fingerprint density at radius 2 is 1.74 bits per heavy atom. The molecular formula is C22H18Cl3NO. The van der Waals surface area contributed by atoms with Crippen LogP contribution in [0.3, 0.4) is 0 Å². The smallest absolute Gasteiger partial charge is 0.138 e. The average molecular weight is 419 g/mol. The van der Waals surface area contributed by atoms with E-state index in [9.17, 15) is 0 Å². The van der Waals surface area contributed by atoms with Crippen molar-refractivity contribution in [2.45, 2.75) is 20.5 Å². The van der Waals surface area contributed by atoms with Crippen molar-refractivity contribution >= 4 is 46.7 Å². The van der Waals surface area contributed by atoms with E-state index in [4.69, 9.17) is 39.5 Å². The fourth-order valence-electron chi connectivity index (χ4n) is 2.53. The second kappa shape index (κ2) is 8.79. The van der Waals surface area contributed by atoms with Crippen molar-refractivity contribution in [2.75, 3.05) is 0 Å². The van der Waals surface area contributed by atoms with Gasteiger partial charge in [-0.05, 0) is 66.9 Å². The molecule has 0 N–H and O–H groups in total. The first kappa shape index (κ1) is 19.8. The highest BCUT2D eigenvalue weighted by Gasteiger charge is 2.06. The zero-order valence-electron chi connectivity index (χ0n) is 15.0. The summed E-state index contributed by atoms with van der Waals surface area (Å²) in [6.07, 6.45) is 1.80. The van der Waals surface area contributed by atoms with Crippen LogP contribution in [-0.4, -0.2) is 6.21 Å². The van der Waals surface area contributed by atoms with Crippen LogP contribution in [0.4, 0.5) is 5.69 Å². The molecular weight excluding hydrogens is 401 g/mol. The van der Waals surface area contributed by atoms with Gasteiger partial charge in [-0.15, -0.1) is 0 Å². The second-order valence-electron chi connectivity index (χ2n) is 6.19. The maximum atomic E-state index is 6.36. The molecule has 0 aromatic heterocycles. The minimum absolute atomic E-state index is 0.311. The Morgan fingerprint density at radius 3 is 2.48 bits per heavy atom. The summed E-state index contributed by atoms with van der Waals surface area (Å²) in [5.74, 6) is 0.589. The summed E-state index contributed by atoms with van der Waals surface area (Å²) in [4.78, 5) is 4.57. The highest BCUT2D eigenvalue weighted by molar-refractivity contribution is 6.35. The number of halogens is 3. The minimum Gasteiger partial charge on any atom is -0.487 e. The van der Waals surface area contributed by atoms with E-state index in [-0.39, 0.29) is 0 Å². The van der Waals surface area contributed by atoms with Gasteiger partial charge in [0, 0.05) is 21.8 Å². The third-order valence-corrected chi connectivity index (χ3v) is 5.17. The topological polar surface area (TPSA) is 21.6 Å². The maximum Gasteiger partial charge on any atom is 0.138 e. The predicted molar refractivity (Wildman–Crippen MR) is 115 cm³/mol. The van der Waals surface area contributed by atoms with Crippen LogP contribution in [0.1, 0.15) is 22.3 Å². The molecule has 0 spiro atoms. The largest absolute Gasteiger partial charge is 0.487 e. The number of hydrogen-bond donors (Lipinski definition) is 0. The Morgan fingerprint density at radius 1 is 0.926 bits per heavy atom. The summed E-state index contributed by atoms with van der Waals surface area (Å²) in [5.41, 5.74) is 5.08. The van der Waals surface area contributed by atoms with Crippen LogP contribution < -0.4 is 4.74 Å². The molecule has 0 fully saturated rings. The monoisotopic (exact) mass is 417 g/mol. The molecule has 0 atom stereocenters. The molecule has 0 radical (unpaired) electrons. The SMILES string of the molecule is Cc1cccc(N=Cc2ccc(OCc3ccc(Cl)cc3Cl)c(Cl)c2)c1C. The highest BCUT2D eigenvalue weighted by atomic mass is 35.5. The van der Waals surface area contributed by atoms with E-state index in [0.29, 0.717) is 27.4 Å². The van der Waals surface area contributed by atoms with Crippen molar-refractivity contribution in [3.05, 3.63) is 91.9 Å². The number of nitrogens with zero attached hydrogens (tertiary/aromatic N) is 1. The Balaban J connectivity index is 1.72. The minimum atomic E-state index is 0.311. The molecule has 138 valence electrons. The molecule has 0 aliphatic rings. The highest BCUT2D eigenvalue weighted by Crippen LogP contribution is 2.28. The van der Waals surface area contributed by atoms with Crippen molar-refractivity contribution in [3.8, 4) is 5.75 Å². The fraction of sp³-hybridized carbons (Fsp3) is 0.136. The molecule has 27 heavy (non-hydrogen) atoms. The number of rotatable bonds is 5. The fourth-order valence-corrected chi connectivity index (χ4v) is 3.23. The van der Waals surface area contributed by atoms with Crippen LogP contribution in [-0.2, 0) is 6.61 Å². The van der Waals surface area contributed by atoms with Crippen molar-refractivity contribution in [3.63, 3.8) is 0 Å². The summed E-state index contributed by atoms with van der Waals surface area (Å²) in [5, 5.41) is 1.68. The van der Waals surface area contributed by atoms with Gasteiger partial charge in [0.25, 0.3) is 0 Å². The molecule has 0 saturated carbocycles. The second-order valence-corrected chi connectivity index (χ2v) is 7.44. The van der Waals surface area contributed by atoms with E-state index < -0.39 is 0 Å². The van der Waals surface area contributed by atoms with Crippen LogP contribution in [0.25, 0.3) is 0 Å². The zero-order valence-corrected chi connectivity index (χ0v) is 17.2. The van der Waals surface area contributed by atoms with Crippen LogP contribution in [0.2, 0.25) is 15.1 Å². The van der Waals surface area contributed by atoms with Crippen LogP contribution >= 0.6 is 34.8 Å². The Bertz CT molecular complexity index is 999. The normalized spacial score (nSPS) is 11.1. The summed E-state index contributed by atoms with van der Waals surface area (Å²) >= 11 is 18.4. The van der Waals surface area contributed by atoms with Gasteiger partial charge in [-0.25, -0.2) is 0 Å². The average Bonchev–Trinajstić information content (AvgIpc) is 2.63. The van der Waals surface area contributed by atoms with Gasteiger partial charge in [0.05, 0.1) is 10.7 Å².